The standard InChI is InChI=1S/C15H22N2O2S/c1-4-6-11-17(13(3)5-2)20(18,19)15-9-7-14(12-16)8-10-15/h7-10,13H,4-6,11H2,1-3H3. The Bertz CT molecular complexity index is 559. The lowest BCUT2D eigenvalue weighted by molar-refractivity contribution is 0.324. The van der Waals surface area contributed by atoms with E-state index in [0.29, 0.717) is 12.1 Å². The third-order valence-electron chi connectivity index (χ3n) is 3.40. The van der Waals surface area contributed by atoms with E-state index >= 15 is 0 Å². The summed E-state index contributed by atoms with van der Waals surface area (Å²) in [7, 11) is -3.49. The van der Waals surface area contributed by atoms with Crippen LogP contribution in [-0.4, -0.2) is 25.3 Å². The van der Waals surface area contributed by atoms with Crippen molar-refractivity contribution in [1.82, 2.24) is 4.31 Å². The fourth-order valence-corrected chi connectivity index (χ4v) is 3.68. The van der Waals surface area contributed by atoms with Gasteiger partial charge in [-0.3, -0.25) is 0 Å². The highest BCUT2D eigenvalue weighted by Gasteiger charge is 2.27. The van der Waals surface area contributed by atoms with Crippen LogP contribution in [0.4, 0.5) is 0 Å². The van der Waals surface area contributed by atoms with Gasteiger partial charge >= 0.3 is 0 Å². The Hall–Kier alpha value is -1.38. The molecule has 1 aromatic carbocycles. The molecule has 0 N–H and O–H groups in total. The zero-order valence-electron chi connectivity index (χ0n) is 12.3. The molecule has 0 aliphatic rings. The van der Waals surface area contributed by atoms with Crippen LogP contribution in [0.2, 0.25) is 0 Å². The molecule has 0 saturated heterocycles. The van der Waals surface area contributed by atoms with Crippen molar-refractivity contribution in [1.29, 1.82) is 5.26 Å². The smallest absolute Gasteiger partial charge is 0.207 e. The molecule has 0 aliphatic carbocycles. The van der Waals surface area contributed by atoms with Gasteiger partial charge in [0, 0.05) is 12.6 Å². The van der Waals surface area contributed by atoms with Crippen LogP contribution in [0.3, 0.4) is 0 Å². The summed E-state index contributed by atoms with van der Waals surface area (Å²) in [5.41, 5.74) is 0.465. The number of rotatable bonds is 7. The third-order valence-corrected chi connectivity index (χ3v) is 5.43. The molecule has 1 rings (SSSR count). The summed E-state index contributed by atoms with van der Waals surface area (Å²) >= 11 is 0. The Labute approximate surface area is 122 Å². The van der Waals surface area contributed by atoms with E-state index in [-0.39, 0.29) is 10.9 Å². The summed E-state index contributed by atoms with van der Waals surface area (Å²) in [5.74, 6) is 0. The first-order valence-electron chi connectivity index (χ1n) is 6.99. The van der Waals surface area contributed by atoms with Crippen LogP contribution in [0.1, 0.15) is 45.6 Å². The Morgan fingerprint density at radius 2 is 1.85 bits per heavy atom. The third kappa shape index (κ3) is 3.81. The normalized spacial score (nSPS) is 13.2. The monoisotopic (exact) mass is 294 g/mol. The van der Waals surface area contributed by atoms with E-state index in [2.05, 4.69) is 0 Å². The van der Waals surface area contributed by atoms with Crippen molar-refractivity contribution < 1.29 is 8.42 Å². The molecule has 0 heterocycles. The number of hydrogen-bond donors (Lipinski definition) is 0. The molecular formula is C15H22N2O2S. The predicted molar refractivity (Wildman–Crippen MR) is 79.7 cm³/mol. The maximum atomic E-state index is 12.7. The van der Waals surface area contributed by atoms with E-state index in [1.807, 2.05) is 26.8 Å². The highest BCUT2D eigenvalue weighted by atomic mass is 32.2. The summed E-state index contributed by atoms with van der Waals surface area (Å²) in [6.45, 7) is 6.49. The molecule has 5 heteroatoms. The fraction of sp³-hybridized carbons (Fsp3) is 0.533. The van der Waals surface area contributed by atoms with Crippen LogP contribution in [0.5, 0.6) is 0 Å². The highest BCUT2D eigenvalue weighted by Crippen LogP contribution is 2.20. The van der Waals surface area contributed by atoms with Gasteiger partial charge in [-0.1, -0.05) is 20.3 Å². The summed E-state index contributed by atoms with van der Waals surface area (Å²) in [6.07, 6.45) is 2.58. The number of sulfonamides is 1. The van der Waals surface area contributed by atoms with Gasteiger partial charge in [0.25, 0.3) is 0 Å². The fourth-order valence-electron chi connectivity index (χ4n) is 1.93. The van der Waals surface area contributed by atoms with Gasteiger partial charge in [0.2, 0.25) is 10.0 Å². The Morgan fingerprint density at radius 1 is 1.25 bits per heavy atom. The number of unbranched alkanes of at least 4 members (excludes halogenated alkanes) is 1. The van der Waals surface area contributed by atoms with Crippen molar-refractivity contribution in [2.24, 2.45) is 0 Å². The van der Waals surface area contributed by atoms with Gasteiger partial charge in [0.1, 0.15) is 0 Å². The van der Waals surface area contributed by atoms with Gasteiger partial charge in [0.05, 0.1) is 16.5 Å². The number of hydrogen-bond acceptors (Lipinski definition) is 3. The lowest BCUT2D eigenvalue weighted by Crippen LogP contribution is -2.39. The van der Waals surface area contributed by atoms with Crippen molar-refractivity contribution in [3.63, 3.8) is 0 Å². The summed E-state index contributed by atoms with van der Waals surface area (Å²) < 4.78 is 26.9. The van der Waals surface area contributed by atoms with E-state index in [4.69, 9.17) is 5.26 Å². The van der Waals surface area contributed by atoms with Crippen LogP contribution in [-0.2, 0) is 10.0 Å². The zero-order chi connectivity index (χ0) is 15.2. The molecule has 0 aromatic heterocycles. The van der Waals surface area contributed by atoms with Crippen molar-refractivity contribution in [2.45, 2.75) is 51.0 Å². The van der Waals surface area contributed by atoms with E-state index in [1.165, 1.54) is 12.1 Å². The van der Waals surface area contributed by atoms with E-state index in [1.54, 1.807) is 16.4 Å². The Kier molecular flexibility index (Phi) is 6.18. The van der Waals surface area contributed by atoms with Crippen LogP contribution in [0.25, 0.3) is 0 Å². The van der Waals surface area contributed by atoms with Gasteiger partial charge in [0.15, 0.2) is 0 Å². The molecule has 4 nitrogen and oxygen atoms in total. The average Bonchev–Trinajstić information content (AvgIpc) is 2.47. The van der Waals surface area contributed by atoms with Crippen LogP contribution in [0, 0.1) is 11.3 Å². The average molecular weight is 294 g/mol. The molecule has 0 amide bonds. The van der Waals surface area contributed by atoms with Gasteiger partial charge < -0.3 is 0 Å². The molecule has 0 spiro atoms. The second-order valence-electron chi connectivity index (χ2n) is 4.86. The molecule has 0 radical (unpaired) electrons. The van der Waals surface area contributed by atoms with Gasteiger partial charge in [-0.05, 0) is 44.0 Å². The van der Waals surface area contributed by atoms with E-state index < -0.39 is 10.0 Å². The largest absolute Gasteiger partial charge is 0.243 e. The molecule has 0 aliphatic heterocycles. The maximum absolute atomic E-state index is 12.7. The maximum Gasteiger partial charge on any atom is 0.243 e. The topological polar surface area (TPSA) is 61.2 Å². The van der Waals surface area contributed by atoms with Crippen molar-refractivity contribution >= 4 is 10.0 Å². The van der Waals surface area contributed by atoms with Crippen molar-refractivity contribution in [3.8, 4) is 6.07 Å². The van der Waals surface area contributed by atoms with Crippen LogP contribution in [0.15, 0.2) is 29.2 Å². The quantitative estimate of drug-likeness (QED) is 0.776. The highest BCUT2D eigenvalue weighted by molar-refractivity contribution is 7.89. The number of nitriles is 1. The number of benzene rings is 1. The van der Waals surface area contributed by atoms with Crippen molar-refractivity contribution in [2.75, 3.05) is 6.54 Å². The molecule has 1 aromatic rings. The SMILES string of the molecule is CCCCN(C(C)CC)S(=O)(=O)c1ccc(C#N)cc1. The van der Waals surface area contributed by atoms with Crippen LogP contribution < -0.4 is 0 Å². The Balaban J connectivity index is 3.11. The summed E-state index contributed by atoms with van der Waals surface area (Å²) in [6, 6.07) is 8.07. The zero-order valence-corrected chi connectivity index (χ0v) is 13.2. The second-order valence-corrected chi connectivity index (χ2v) is 6.75. The first-order chi connectivity index (χ1) is 9.47. The van der Waals surface area contributed by atoms with Crippen LogP contribution >= 0.6 is 0 Å². The Morgan fingerprint density at radius 3 is 2.30 bits per heavy atom. The second kappa shape index (κ2) is 7.41. The van der Waals surface area contributed by atoms with E-state index in [0.717, 1.165) is 19.3 Å². The predicted octanol–water partition coefficient (Wildman–Crippen LogP) is 3.15. The van der Waals surface area contributed by atoms with Gasteiger partial charge in [-0.25, -0.2) is 8.42 Å². The first-order valence-corrected chi connectivity index (χ1v) is 8.43. The molecule has 1 unspecified atom stereocenters. The first kappa shape index (κ1) is 16.7. The molecule has 110 valence electrons. The molecule has 0 saturated carbocycles. The minimum absolute atomic E-state index is 0.0257. The lowest BCUT2D eigenvalue weighted by Gasteiger charge is -2.27. The molecule has 0 bridgehead atoms. The minimum Gasteiger partial charge on any atom is -0.207 e. The summed E-state index contributed by atoms with van der Waals surface area (Å²) in [5, 5.41) is 8.77. The van der Waals surface area contributed by atoms with Crippen molar-refractivity contribution in [3.05, 3.63) is 29.8 Å². The molecule has 20 heavy (non-hydrogen) atoms. The van der Waals surface area contributed by atoms with Gasteiger partial charge in [-0.15, -0.1) is 0 Å². The molecule has 1 atom stereocenters. The molecule has 0 fully saturated rings. The van der Waals surface area contributed by atoms with Gasteiger partial charge in [-0.2, -0.15) is 9.57 Å². The minimum atomic E-state index is -3.49. The lowest BCUT2D eigenvalue weighted by atomic mass is 10.2. The van der Waals surface area contributed by atoms with E-state index in [9.17, 15) is 8.42 Å². The summed E-state index contributed by atoms with van der Waals surface area (Å²) in [4.78, 5) is 0.257. The molecular weight excluding hydrogens is 272 g/mol. The number of nitrogens with zero attached hydrogens (tertiary/aromatic N) is 2.